The average Bonchev–Trinajstić information content (AvgIpc) is 2.77. The van der Waals surface area contributed by atoms with Crippen molar-refractivity contribution in [3.8, 4) is 11.4 Å². The van der Waals surface area contributed by atoms with Gasteiger partial charge in [-0.3, -0.25) is 4.79 Å². The molecule has 1 atom stereocenters. The number of rotatable bonds is 4. The van der Waals surface area contributed by atoms with Crippen LogP contribution in [0.25, 0.3) is 11.4 Å². The maximum absolute atomic E-state index is 13.3. The molecule has 0 saturated carbocycles. The van der Waals surface area contributed by atoms with Crippen LogP contribution in [0.2, 0.25) is 5.02 Å². The molecule has 1 fully saturated rings. The van der Waals surface area contributed by atoms with Gasteiger partial charge in [-0.25, -0.2) is 14.4 Å². The lowest BCUT2D eigenvalue weighted by Crippen LogP contribution is -2.41. The van der Waals surface area contributed by atoms with Crippen LogP contribution in [0.15, 0.2) is 60.8 Å². The lowest BCUT2D eigenvalue weighted by molar-refractivity contribution is -0.120. The fourth-order valence-electron chi connectivity index (χ4n) is 3.47. The number of anilines is 2. The molecule has 1 N–H and O–H groups in total. The summed E-state index contributed by atoms with van der Waals surface area (Å²) < 4.78 is 13.3. The molecule has 0 bridgehead atoms. The van der Waals surface area contributed by atoms with E-state index < -0.39 is 5.82 Å². The normalized spacial score (nSPS) is 16.5. The quantitative estimate of drug-likeness (QED) is 0.671. The molecule has 1 saturated heterocycles. The van der Waals surface area contributed by atoms with Crippen molar-refractivity contribution in [2.75, 3.05) is 23.3 Å². The van der Waals surface area contributed by atoms with Crippen LogP contribution in [0, 0.1) is 11.7 Å². The van der Waals surface area contributed by atoms with Gasteiger partial charge < -0.3 is 10.2 Å². The lowest BCUT2D eigenvalue weighted by atomic mass is 9.97. The van der Waals surface area contributed by atoms with E-state index in [0.29, 0.717) is 18.1 Å². The Morgan fingerprint density at radius 3 is 2.79 bits per heavy atom. The van der Waals surface area contributed by atoms with Crippen molar-refractivity contribution in [3.63, 3.8) is 0 Å². The van der Waals surface area contributed by atoms with Crippen LogP contribution < -0.4 is 10.2 Å². The van der Waals surface area contributed by atoms with E-state index in [0.717, 1.165) is 30.8 Å². The van der Waals surface area contributed by atoms with Crippen LogP contribution in [0.3, 0.4) is 0 Å². The van der Waals surface area contributed by atoms with Crippen LogP contribution >= 0.6 is 11.6 Å². The molecule has 4 rings (SSSR count). The summed E-state index contributed by atoms with van der Waals surface area (Å²) in [6, 6.07) is 15.8. The Kier molecular flexibility index (Phi) is 5.71. The average molecular weight is 411 g/mol. The second-order valence-electron chi connectivity index (χ2n) is 7.01. The highest BCUT2D eigenvalue weighted by Gasteiger charge is 2.27. The van der Waals surface area contributed by atoms with Gasteiger partial charge in [-0.15, -0.1) is 0 Å². The van der Waals surface area contributed by atoms with Gasteiger partial charge in [-0.1, -0.05) is 41.9 Å². The summed E-state index contributed by atoms with van der Waals surface area (Å²) in [7, 11) is 0. The van der Waals surface area contributed by atoms with E-state index in [2.05, 4.69) is 20.2 Å². The molecule has 2 heterocycles. The standard InChI is InChI=1S/C22H20ClFN4O/c23-18-13-17(8-9-19(18)24)26-22(29)16-7-4-12-28(14-16)20-10-11-25-21(27-20)15-5-2-1-3-6-15/h1-3,5-6,8-11,13,16H,4,7,12,14H2,(H,26,29)/t16-/m1/s1. The Morgan fingerprint density at radius 2 is 2.00 bits per heavy atom. The first-order valence-corrected chi connectivity index (χ1v) is 9.87. The Bertz CT molecular complexity index is 1010. The highest BCUT2D eigenvalue weighted by molar-refractivity contribution is 6.31. The summed E-state index contributed by atoms with van der Waals surface area (Å²) in [5.74, 6) is 0.667. The van der Waals surface area contributed by atoms with Gasteiger partial charge >= 0.3 is 0 Å². The van der Waals surface area contributed by atoms with Crippen molar-refractivity contribution >= 4 is 29.0 Å². The zero-order valence-electron chi connectivity index (χ0n) is 15.7. The number of aromatic nitrogens is 2. The van der Waals surface area contributed by atoms with Gasteiger partial charge in [0, 0.05) is 30.5 Å². The molecule has 0 aliphatic carbocycles. The number of nitrogens with zero attached hydrogens (tertiary/aromatic N) is 3. The number of halogens is 2. The largest absolute Gasteiger partial charge is 0.356 e. The molecule has 7 heteroatoms. The van der Waals surface area contributed by atoms with Gasteiger partial charge in [0.1, 0.15) is 11.6 Å². The highest BCUT2D eigenvalue weighted by atomic mass is 35.5. The van der Waals surface area contributed by atoms with Crippen LogP contribution in [-0.2, 0) is 4.79 Å². The fourth-order valence-corrected chi connectivity index (χ4v) is 3.65. The molecule has 0 radical (unpaired) electrons. The SMILES string of the molecule is O=C(Nc1ccc(F)c(Cl)c1)[C@@H]1CCCN(c2ccnc(-c3ccccc3)n2)C1. The van der Waals surface area contributed by atoms with E-state index in [-0.39, 0.29) is 16.8 Å². The lowest BCUT2D eigenvalue weighted by Gasteiger charge is -2.33. The van der Waals surface area contributed by atoms with E-state index in [9.17, 15) is 9.18 Å². The molecule has 148 valence electrons. The van der Waals surface area contributed by atoms with E-state index in [1.807, 2.05) is 36.4 Å². The monoisotopic (exact) mass is 410 g/mol. The zero-order chi connectivity index (χ0) is 20.2. The number of amides is 1. The molecular formula is C22H20ClFN4O. The molecule has 1 amide bonds. The number of hydrogen-bond acceptors (Lipinski definition) is 4. The van der Waals surface area contributed by atoms with Gasteiger partial charge in [-0.05, 0) is 37.1 Å². The summed E-state index contributed by atoms with van der Waals surface area (Å²) >= 11 is 5.80. The van der Waals surface area contributed by atoms with Gasteiger partial charge in [0.25, 0.3) is 0 Å². The molecule has 5 nitrogen and oxygen atoms in total. The Balaban J connectivity index is 1.47. The first kappa shape index (κ1) is 19.3. The van der Waals surface area contributed by atoms with Gasteiger partial charge in [0.05, 0.1) is 10.9 Å². The number of carbonyl (C=O) groups excluding carboxylic acids is 1. The summed E-state index contributed by atoms with van der Waals surface area (Å²) in [5.41, 5.74) is 1.45. The zero-order valence-corrected chi connectivity index (χ0v) is 16.4. The summed E-state index contributed by atoms with van der Waals surface area (Å²) in [6.45, 7) is 1.39. The van der Waals surface area contributed by atoms with Crippen molar-refractivity contribution in [1.29, 1.82) is 0 Å². The minimum absolute atomic E-state index is 0.0116. The van der Waals surface area contributed by atoms with Crippen LogP contribution in [0.4, 0.5) is 15.9 Å². The number of nitrogens with one attached hydrogen (secondary N) is 1. The van der Waals surface area contributed by atoms with Gasteiger partial charge in [0.2, 0.25) is 5.91 Å². The van der Waals surface area contributed by atoms with Crippen molar-refractivity contribution in [2.24, 2.45) is 5.92 Å². The second-order valence-corrected chi connectivity index (χ2v) is 7.41. The van der Waals surface area contributed by atoms with Crippen LogP contribution in [0.1, 0.15) is 12.8 Å². The van der Waals surface area contributed by atoms with Gasteiger partial charge in [-0.2, -0.15) is 0 Å². The molecule has 2 aromatic carbocycles. The predicted octanol–water partition coefficient (Wildman–Crippen LogP) is 4.79. The maximum atomic E-state index is 13.3. The molecule has 0 spiro atoms. The molecule has 1 aliphatic heterocycles. The van der Waals surface area contributed by atoms with Crippen molar-refractivity contribution in [2.45, 2.75) is 12.8 Å². The van der Waals surface area contributed by atoms with E-state index in [4.69, 9.17) is 11.6 Å². The summed E-state index contributed by atoms with van der Waals surface area (Å²) in [4.78, 5) is 23.9. The highest BCUT2D eigenvalue weighted by Crippen LogP contribution is 2.25. The third kappa shape index (κ3) is 4.54. The fraction of sp³-hybridized carbons (Fsp3) is 0.227. The molecule has 1 aliphatic rings. The number of benzene rings is 2. The third-order valence-corrected chi connectivity index (χ3v) is 5.27. The molecule has 1 aromatic heterocycles. The predicted molar refractivity (Wildman–Crippen MR) is 112 cm³/mol. The molecular weight excluding hydrogens is 391 g/mol. The maximum Gasteiger partial charge on any atom is 0.229 e. The second kappa shape index (κ2) is 8.57. The minimum Gasteiger partial charge on any atom is -0.356 e. The smallest absolute Gasteiger partial charge is 0.229 e. The number of piperidine rings is 1. The van der Waals surface area contributed by atoms with E-state index in [1.165, 1.54) is 18.2 Å². The third-order valence-electron chi connectivity index (χ3n) is 4.98. The molecule has 29 heavy (non-hydrogen) atoms. The topological polar surface area (TPSA) is 58.1 Å². The summed E-state index contributed by atoms with van der Waals surface area (Å²) in [6.07, 6.45) is 3.41. The Hall–Kier alpha value is -2.99. The first-order chi connectivity index (χ1) is 14.1. The number of hydrogen-bond donors (Lipinski definition) is 1. The molecule has 3 aromatic rings. The minimum atomic E-state index is -0.508. The van der Waals surface area contributed by atoms with E-state index in [1.54, 1.807) is 6.20 Å². The first-order valence-electron chi connectivity index (χ1n) is 9.49. The van der Waals surface area contributed by atoms with Crippen LogP contribution in [0.5, 0.6) is 0 Å². The van der Waals surface area contributed by atoms with Crippen molar-refractivity contribution < 1.29 is 9.18 Å². The Labute approximate surface area is 173 Å². The van der Waals surface area contributed by atoms with Crippen molar-refractivity contribution in [3.05, 3.63) is 71.6 Å². The van der Waals surface area contributed by atoms with Crippen LogP contribution in [-0.4, -0.2) is 29.0 Å². The number of carbonyl (C=O) groups is 1. The van der Waals surface area contributed by atoms with Gasteiger partial charge in [0.15, 0.2) is 5.82 Å². The van der Waals surface area contributed by atoms with Crippen molar-refractivity contribution in [1.82, 2.24) is 9.97 Å². The van der Waals surface area contributed by atoms with E-state index >= 15 is 0 Å². The summed E-state index contributed by atoms with van der Waals surface area (Å²) in [5, 5.41) is 2.83. The molecule has 0 unspecified atom stereocenters. The Morgan fingerprint density at radius 1 is 1.17 bits per heavy atom.